The average molecular weight is 283 g/mol. The van der Waals surface area contributed by atoms with Gasteiger partial charge in [-0.25, -0.2) is 9.67 Å². The maximum Gasteiger partial charge on any atom is 0.272 e. The molecule has 2 aromatic heterocycles. The number of aromatic nitrogens is 5. The molecule has 21 heavy (non-hydrogen) atoms. The molecular weight excluding hydrogens is 270 g/mol. The Bertz CT molecular complexity index is 730. The summed E-state index contributed by atoms with van der Waals surface area (Å²) in [5.74, 6) is 0.307. The van der Waals surface area contributed by atoms with E-state index in [9.17, 15) is 4.79 Å². The molecule has 4 N–H and O–H groups in total. The predicted molar refractivity (Wildman–Crippen MR) is 75.5 cm³/mol. The summed E-state index contributed by atoms with van der Waals surface area (Å²) in [7, 11) is 0. The lowest BCUT2D eigenvalue weighted by Gasteiger charge is -2.02. The van der Waals surface area contributed by atoms with E-state index < -0.39 is 0 Å². The fourth-order valence-corrected chi connectivity index (χ4v) is 1.79. The third kappa shape index (κ3) is 2.89. The summed E-state index contributed by atoms with van der Waals surface area (Å²) in [6.45, 7) is 0.271. The van der Waals surface area contributed by atoms with Crippen molar-refractivity contribution in [1.82, 2.24) is 30.3 Å². The number of anilines is 1. The molecular formula is C13H13N7O. The largest absolute Gasteiger partial charge is 0.399 e. The summed E-state index contributed by atoms with van der Waals surface area (Å²) < 4.78 is 1.61. The Morgan fingerprint density at radius 2 is 2.10 bits per heavy atom. The van der Waals surface area contributed by atoms with Gasteiger partial charge >= 0.3 is 0 Å². The normalized spacial score (nSPS) is 10.5. The number of hydrogen-bond donors (Lipinski definition) is 3. The van der Waals surface area contributed by atoms with E-state index in [0.717, 1.165) is 5.69 Å². The highest BCUT2D eigenvalue weighted by atomic mass is 16.1. The van der Waals surface area contributed by atoms with Crippen LogP contribution in [0.4, 0.5) is 5.69 Å². The molecule has 0 radical (unpaired) electrons. The monoisotopic (exact) mass is 283 g/mol. The van der Waals surface area contributed by atoms with Crippen molar-refractivity contribution in [2.24, 2.45) is 0 Å². The van der Waals surface area contributed by atoms with Crippen LogP contribution in [-0.4, -0.2) is 30.9 Å². The van der Waals surface area contributed by atoms with Crippen LogP contribution >= 0.6 is 0 Å². The molecule has 1 aromatic carbocycles. The van der Waals surface area contributed by atoms with Gasteiger partial charge in [-0.2, -0.15) is 10.2 Å². The van der Waals surface area contributed by atoms with Gasteiger partial charge in [-0.05, 0) is 30.3 Å². The Kier molecular flexibility index (Phi) is 3.34. The van der Waals surface area contributed by atoms with Gasteiger partial charge in [-0.1, -0.05) is 0 Å². The molecule has 0 unspecified atom stereocenters. The Hall–Kier alpha value is -3.16. The number of nitrogen functional groups attached to an aromatic ring is 1. The van der Waals surface area contributed by atoms with Crippen LogP contribution < -0.4 is 11.1 Å². The zero-order chi connectivity index (χ0) is 14.7. The number of carbonyl (C=O) groups is 1. The molecule has 2 heterocycles. The van der Waals surface area contributed by atoms with Crippen molar-refractivity contribution < 1.29 is 4.79 Å². The predicted octanol–water partition coefficient (Wildman–Crippen LogP) is 0.503. The van der Waals surface area contributed by atoms with Gasteiger partial charge in [-0.15, -0.1) is 0 Å². The number of benzene rings is 1. The molecule has 0 saturated heterocycles. The van der Waals surface area contributed by atoms with E-state index in [4.69, 9.17) is 5.73 Å². The smallest absolute Gasteiger partial charge is 0.272 e. The van der Waals surface area contributed by atoms with Gasteiger partial charge in [0.2, 0.25) is 0 Å². The third-order valence-corrected chi connectivity index (χ3v) is 2.86. The lowest BCUT2D eigenvalue weighted by atomic mass is 10.3. The number of amides is 1. The quantitative estimate of drug-likeness (QED) is 0.603. The van der Waals surface area contributed by atoms with Crippen molar-refractivity contribution in [3.05, 3.63) is 54.4 Å². The van der Waals surface area contributed by atoms with Gasteiger partial charge in [0.05, 0.1) is 12.2 Å². The van der Waals surface area contributed by atoms with Crippen LogP contribution in [0.25, 0.3) is 5.69 Å². The lowest BCUT2D eigenvalue weighted by molar-refractivity contribution is 0.0944. The summed E-state index contributed by atoms with van der Waals surface area (Å²) in [5, 5.41) is 13.3. The van der Waals surface area contributed by atoms with E-state index in [1.165, 1.54) is 6.33 Å². The number of hydrogen-bond acceptors (Lipinski definition) is 5. The zero-order valence-corrected chi connectivity index (χ0v) is 11.0. The molecule has 8 nitrogen and oxygen atoms in total. The summed E-state index contributed by atoms with van der Waals surface area (Å²) in [4.78, 5) is 15.9. The Morgan fingerprint density at radius 3 is 2.81 bits per heavy atom. The number of nitrogens with one attached hydrogen (secondary N) is 2. The first-order valence-electron chi connectivity index (χ1n) is 6.26. The Balaban J connectivity index is 1.69. The van der Waals surface area contributed by atoms with Gasteiger partial charge in [0.15, 0.2) is 5.69 Å². The zero-order valence-electron chi connectivity index (χ0n) is 11.0. The van der Waals surface area contributed by atoms with E-state index in [1.807, 2.05) is 12.1 Å². The van der Waals surface area contributed by atoms with Crippen LogP contribution in [0, 0.1) is 0 Å². The van der Waals surface area contributed by atoms with Crippen LogP contribution in [-0.2, 0) is 6.54 Å². The fourth-order valence-electron chi connectivity index (χ4n) is 1.79. The molecule has 0 aliphatic heterocycles. The fraction of sp³-hybridized carbons (Fsp3) is 0.0769. The Morgan fingerprint density at radius 1 is 1.29 bits per heavy atom. The molecule has 106 valence electrons. The van der Waals surface area contributed by atoms with E-state index in [1.54, 1.807) is 29.1 Å². The molecule has 1 amide bonds. The summed E-state index contributed by atoms with van der Waals surface area (Å²) in [6.07, 6.45) is 3.10. The van der Waals surface area contributed by atoms with Crippen molar-refractivity contribution in [1.29, 1.82) is 0 Å². The maximum absolute atomic E-state index is 12.0. The highest BCUT2D eigenvalue weighted by molar-refractivity contribution is 5.92. The van der Waals surface area contributed by atoms with Crippen LogP contribution in [0.1, 0.15) is 16.3 Å². The number of nitrogens with zero attached hydrogens (tertiary/aromatic N) is 4. The first kappa shape index (κ1) is 12.9. The van der Waals surface area contributed by atoms with E-state index in [-0.39, 0.29) is 12.5 Å². The van der Waals surface area contributed by atoms with Crippen molar-refractivity contribution in [2.45, 2.75) is 6.54 Å². The van der Waals surface area contributed by atoms with Crippen LogP contribution in [0.2, 0.25) is 0 Å². The molecule has 0 spiro atoms. The molecule has 0 saturated carbocycles. The van der Waals surface area contributed by atoms with E-state index in [2.05, 4.69) is 25.6 Å². The van der Waals surface area contributed by atoms with Crippen LogP contribution in [0.3, 0.4) is 0 Å². The highest BCUT2D eigenvalue weighted by Gasteiger charge is 2.10. The molecule has 0 atom stereocenters. The van der Waals surface area contributed by atoms with Crippen molar-refractivity contribution >= 4 is 11.6 Å². The van der Waals surface area contributed by atoms with E-state index >= 15 is 0 Å². The molecule has 3 rings (SSSR count). The number of nitrogens with two attached hydrogens (primary N) is 1. The third-order valence-electron chi connectivity index (χ3n) is 2.86. The number of rotatable bonds is 4. The maximum atomic E-state index is 12.0. The minimum atomic E-state index is -0.277. The number of H-pyrrole nitrogens is 1. The molecule has 0 fully saturated rings. The van der Waals surface area contributed by atoms with Gasteiger partial charge in [-0.3, -0.25) is 9.89 Å². The SMILES string of the molecule is Nc1ccc(-n2ccc(C(=O)NCc3ncn[nH]3)n2)cc1. The topological polar surface area (TPSA) is 115 Å². The second-order valence-corrected chi connectivity index (χ2v) is 4.35. The highest BCUT2D eigenvalue weighted by Crippen LogP contribution is 2.10. The van der Waals surface area contributed by atoms with Gasteiger partial charge in [0, 0.05) is 11.9 Å². The average Bonchev–Trinajstić information content (AvgIpc) is 3.17. The summed E-state index contributed by atoms with van der Waals surface area (Å²) in [6, 6.07) is 8.87. The van der Waals surface area contributed by atoms with Gasteiger partial charge in [0.1, 0.15) is 12.2 Å². The number of carbonyl (C=O) groups excluding carboxylic acids is 1. The van der Waals surface area contributed by atoms with Gasteiger partial charge in [0.25, 0.3) is 5.91 Å². The van der Waals surface area contributed by atoms with Crippen LogP contribution in [0.5, 0.6) is 0 Å². The van der Waals surface area contributed by atoms with Crippen molar-refractivity contribution in [3.63, 3.8) is 0 Å². The van der Waals surface area contributed by atoms with Gasteiger partial charge < -0.3 is 11.1 Å². The molecule has 0 bridgehead atoms. The van der Waals surface area contributed by atoms with E-state index in [0.29, 0.717) is 17.2 Å². The van der Waals surface area contributed by atoms with Crippen molar-refractivity contribution in [3.8, 4) is 5.69 Å². The summed E-state index contributed by atoms with van der Waals surface area (Å²) in [5.41, 5.74) is 7.47. The minimum absolute atomic E-state index is 0.271. The minimum Gasteiger partial charge on any atom is -0.399 e. The number of aromatic amines is 1. The first-order valence-corrected chi connectivity index (χ1v) is 6.26. The van der Waals surface area contributed by atoms with Crippen LogP contribution in [0.15, 0.2) is 42.9 Å². The molecule has 8 heteroatoms. The second kappa shape index (κ2) is 5.45. The lowest BCUT2D eigenvalue weighted by Crippen LogP contribution is -2.24. The summed E-state index contributed by atoms with van der Waals surface area (Å²) >= 11 is 0. The second-order valence-electron chi connectivity index (χ2n) is 4.35. The first-order chi connectivity index (χ1) is 10.2. The standard InChI is InChI=1S/C13H13N7O/c14-9-1-3-10(4-2-9)20-6-5-11(19-20)13(21)15-7-12-16-8-17-18-12/h1-6,8H,7,14H2,(H,15,21)(H,16,17,18). The molecule has 0 aliphatic rings. The molecule has 3 aromatic rings. The van der Waals surface area contributed by atoms with Crippen molar-refractivity contribution in [2.75, 3.05) is 5.73 Å². The Labute approximate surface area is 120 Å². The molecule has 0 aliphatic carbocycles.